The van der Waals surface area contributed by atoms with E-state index < -0.39 is 0 Å². The van der Waals surface area contributed by atoms with E-state index in [1.54, 1.807) is 0 Å². The fourth-order valence-corrected chi connectivity index (χ4v) is 8.29. The normalized spacial score (nSPS) is 11.6. The summed E-state index contributed by atoms with van der Waals surface area (Å²) in [5, 5.41) is 4.77. The van der Waals surface area contributed by atoms with Crippen LogP contribution in [0.1, 0.15) is 0 Å². The summed E-state index contributed by atoms with van der Waals surface area (Å²) in [6, 6.07) is 71.1. The van der Waals surface area contributed by atoms with Gasteiger partial charge in [-0.2, -0.15) is 0 Å². The van der Waals surface area contributed by atoms with E-state index in [-0.39, 0.29) is 0 Å². The Bertz CT molecular complexity index is 3160. The smallest absolute Gasteiger partial charge is 0.145 e. The van der Waals surface area contributed by atoms with Crippen molar-refractivity contribution in [2.75, 3.05) is 0 Å². The third kappa shape index (κ3) is 5.31. The van der Waals surface area contributed by atoms with Crippen LogP contribution in [-0.2, 0) is 0 Å². The van der Waals surface area contributed by atoms with E-state index in [2.05, 4.69) is 197 Å². The molecule has 0 aliphatic heterocycles. The minimum Gasteiger partial charge on any atom is -0.309 e. The van der Waals surface area contributed by atoms with Crippen LogP contribution in [0, 0.1) is 0 Å². The second-order valence-electron chi connectivity index (χ2n) is 14.3. The number of fused-ring (bicyclic) bond motifs is 6. The Balaban J connectivity index is 1.01. The van der Waals surface area contributed by atoms with Crippen molar-refractivity contribution in [3.63, 3.8) is 0 Å². The average molecular weight is 715 g/mol. The molecule has 0 amide bonds. The van der Waals surface area contributed by atoms with Gasteiger partial charge in [0.1, 0.15) is 5.65 Å². The van der Waals surface area contributed by atoms with Gasteiger partial charge < -0.3 is 4.57 Å². The second-order valence-corrected chi connectivity index (χ2v) is 14.3. The van der Waals surface area contributed by atoms with Gasteiger partial charge in [-0.25, -0.2) is 9.97 Å². The van der Waals surface area contributed by atoms with Crippen LogP contribution in [0.4, 0.5) is 0 Å². The number of pyridine rings is 2. The molecule has 7 aromatic carbocycles. The Morgan fingerprint density at radius 2 is 0.804 bits per heavy atom. The van der Waals surface area contributed by atoms with Crippen LogP contribution in [0.5, 0.6) is 0 Å². The van der Waals surface area contributed by atoms with E-state index in [0.29, 0.717) is 0 Å². The number of aromatic nitrogens is 4. The molecule has 0 saturated carbocycles. The van der Waals surface area contributed by atoms with E-state index in [1.165, 1.54) is 27.2 Å². The zero-order valence-corrected chi connectivity index (χ0v) is 30.4. The molecule has 0 aliphatic carbocycles. The third-order valence-electron chi connectivity index (χ3n) is 11.0. The summed E-state index contributed by atoms with van der Waals surface area (Å²) in [6.07, 6.45) is 2.02. The lowest BCUT2D eigenvalue weighted by Gasteiger charge is -2.12. The van der Waals surface area contributed by atoms with Crippen molar-refractivity contribution < 1.29 is 0 Å². The fraction of sp³-hybridized carbons (Fsp3) is 0. The maximum Gasteiger partial charge on any atom is 0.145 e. The van der Waals surface area contributed by atoms with Crippen LogP contribution >= 0.6 is 0 Å². The monoisotopic (exact) mass is 714 g/mol. The quantitative estimate of drug-likeness (QED) is 0.172. The molecular weight excluding hydrogens is 681 g/mol. The zero-order valence-electron chi connectivity index (χ0n) is 30.4. The standard InChI is InChI=1S/C52H34N4/c1-4-14-36(15-5-1)47-32-39(33-48(54-47)37-16-6-2-7-17-37)35-24-27-42(28-25-35)55-49-22-12-10-20-43(49)45-30-38(26-29-51(45)55)40-31-46-44-21-11-13-23-50(44)56(52(46)53-34-40)41-18-8-3-9-19-41/h1-34H. The minimum atomic E-state index is 0.959. The molecule has 11 rings (SSSR count). The first-order valence-corrected chi connectivity index (χ1v) is 19.0. The van der Waals surface area contributed by atoms with Crippen LogP contribution in [0.2, 0.25) is 0 Å². The number of para-hydroxylation sites is 3. The highest BCUT2D eigenvalue weighted by Crippen LogP contribution is 2.38. The van der Waals surface area contributed by atoms with E-state index in [0.717, 1.165) is 72.7 Å². The summed E-state index contributed by atoms with van der Waals surface area (Å²) in [5.41, 5.74) is 15.3. The summed E-state index contributed by atoms with van der Waals surface area (Å²) in [5.74, 6) is 0. The third-order valence-corrected chi connectivity index (χ3v) is 11.0. The lowest BCUT2D eigenvalue weighted by Crippen LogP contribution is -1.95. The second kappa shape index (κ2) is 13.1. The summed E-state index contributed by atoms with van der Waals surface area (Å²) in [6.45, 7) is 0. The number of rotatable bonds is 6. The SMILES string of the molecule is c1ccc(-c2cc(-c3ccc(-n4c5ccccc5c5cc(-c6cnc7c(c6)c6ccccc6n7-c6ccccc6)ccc54)cc3)cc(-c3ccccc3)n2)cc1. The molecule has 0 saturated heterocycles. The molecule has 0 atom stereocenters. The van der Waals surface area contributed by atoms with Crippen molar-refractivity contribution >= 4 is 43.7 Å². The van der Waals surface area contributed by atoms with Gasteiger partial charge in [-0.15, -0.1) is 0 Å². The van der Waals surface area contributed by atoms with Gasteiger partial charge in [0.2, 0.25) is 0 Å². The summed E-state index contributed by atoms with van der Waals surface area (Å²) >= 11 is 0. The summed E-state index contributed by atoms with van der Waals surface area (Å²) in [4.78, 5) is 10.2. The van der Waals surface area contributed by atoms with Crippen LogP contribution < -0.4 is 0 Å². The van der Waals surface area contributed by atoms with Gasteiger partial charge in [0.15, 0.2) is 0 Å². The van der Waals surface area contributed by atoms with E-state index in [9.17, 15) is 0 Å². The first-order chi connectivity index (χ1) is 27.8. The van der Waals surface area contributed by atoms with Gasteiger partial charge in [-0.3, -0.25) is 4.57 Å². The molecule has 11 aromatic rings. The van der Waals surface area contributed by atoms with Gasteiger partial charge >= 0.3 is 0 Å². The van der Waals surface area contributed by atoms with Gasteiger partial charge in [-0.1, -0.05) is 133 Å². The van der Waals surface area contributed by atoms with Crippen molar-refractivity contribution in [3.05, 3.63) is 206 Å². The first-order valence-electron chi connectivity index (χ1n) is 19.0. The van der Waals surface area contributed by atoms with Crippen molar-refractivity contribution in [2.45, 2.75) is 0 Å². The molecule has 0 fully saturated rings. The Labute approximate surface area is 324 Å². The molecule has 56 heavy (non-hydrogen) atoms. The molecule has 0 radical (unpaired) electrons. The first kappa shape index (κ1) is 31.9. The molecule has 4 heterocycles. The maximum atomic E-state index is 5.10. The molecule has 0 bridgehead atoms. The zero-order chi connectivity index (χ0) is 37.0. The molecule has 4 aromatic heterocycles. The highest BCUT2D eigenvalue weighted by molar-refractivity contribution is 6.12. The molecule has 4 nitrogen and oxygen atoms in total. The van der Waals surface area contributed by atoms with Crippen molar-refractivity contribution in [2.24, 2.45) is 0 Å². The number of nitrogens with zero attached hydrogens (tertiary/aromatic N) is 4. The molecule has 4 heteroatoms. The molecule has 262 valence electrons. The van der Waals surface area contributed by atoms with E-state index in [4.69, 9.17) is 9.97 Å². The van der Waals surface area contributed by atoms with Gasteiger partial charge in [0.05, 0.1) is 27.9 Å². The molecule has 0 aliphatic rings. The lowest BCUT2D eigenvalue weighted by atomic mass is 10.00. The fourth-order valence-electron chi connectivity index (χ4n) is 8.29. The summed E-state index contributed by atoms with van der Waals surface area (Å²) in [7, 11) is 0. The predicted octanol–water partition coefficient (Wildman–Crippen LogP) is 13.3. The minimum absolute atomic E-state index is 0.959. The number of benzene rings is 7. The van der Waals surface area contributed by atoms with Gasteiger partial charge in [0, 0.05) is 55.8 Å². The van der Waals surface area contributed by atoms with Crippen molar-refractivity contribution in [3.8, 4) is 56.1 Å². The highest BCUT2D eigenvalue weighted by Gasteiger charge is 2.17. The summed E-state index contributed by atoms with van der Waals surface area (Å²) < 4.78 is 4.64. The van der Waals surface area contributed by atoms with Crippen LogP contribution in [0.15, 0.2) is 206 Å². The van der Waals surface area contributed by atoms with Crippen LogP contribution in [0.25, 0.3) is 99.9 Å². The Morgan fingerprint density at radius 1 is 0.304 bits per heavy atom. The molecule has 0 N–H and O–H groups in total. The predicted molar refractivity (Wildman–Crippen MR) is 232 cm³/mol. The Hall–Kier alpha value is -7.56. The highest BCUT2D eigenvalue weighted by atomic mass is 15.0. The van der Waals surface area contributed by atoms with Crippen molar-refractivity contribution in [1.29, 1.82) is 0 Å². The van der Waals surface area contributed by atoms with Crippen molar-refractivity contribution in [1.82, 2.24) is 19.1 Å². The molecule has 0 unspecified atom stereocenters. The molecule has 0 spiro atoms. The number of hydrogen-bond acceptors (Lipinski definition) is 2. The van der Waals surface area contributed by atoms with Crippen LogP contribution in [-0.4, -0.2) is 19.1 Å². The maximum absolute atomic E-state index is 5.10. The van der Waals surface area contributed by atoms with Gasteiger partial charge in [0.25, 0.3) is 0 Å². The Kier molecular flexibility index (Phi) is 7.46. The lowest BCUT2D eigenvalue weighted by molar-refractivity contribution is 1.14. The van der Waals surface area contributed by atoms with E-state index in [1.807, 2.05) is 18.3 Å². The largest absolute Gasteiger partial charge is 0.309 e. The molecular formula is C52H34N4. The Morgan fingerprint density at radius 3 is 1.46 bits per heavy atom. The van der Waals surface area contributed by atoms with Gasteiger partial charge in [-0.05, 0) is 83.4 Å². The van der Waals surface area contributed by atoms with E-state index >= 15 is 0 Å². The van der Waals surface area contributed by atoms with Crippen LogP contribution in [0.3, 0.4) is 0 Å². The topological polar surface area (TPSA) is 35.6 Å². The number of hydrogen-bond donors (Lipinski definition) is 0. The average Bonchev–Trinajstić information content (AvgIpc) is 3.79.